The summed E-state index contributed by atoms with van der Waals surface area (Å²) in [4.78, 5) is 113. The van der Waals surface area contributed by atoms with Crippen molar-refractivity contribution >= 4 is 108 Å². The van der Waals surface area contributed by atoms with Gasteiger partial charge in [-0.05, 0) is 119 Å². The second kappa shape index (κ2) is 40.8. The van der Waals surface area contributed by atoms with E-state index in [4.69, 9.17) is 15.7 Å². The maximum Gasteiger partial charge on any atom is 0.303 e. The minimum atomic E-state index is -0.741. The Kier molecular flexibility index (Phi) is 31.0. The Hall–Kier alpha value is -6.94. The van der Waals surface area contributed by atoms with Gasteiger partial charge in [0.05, 0.1) is 41.5 Å². The molecule has 1 aromatic carbocycles. The first-order chi connectivity index (χ1) is 52.4. The standard InChI is InChI=1S/C24H32N2O2S.C21H27N5O2S.C19H24N2O3S2.C18H30N4OS/c1-2-3-5-10-20-18(16-22(28)26-13-11-19(27)12-14-26)15-21-23(20)25-24(29-21)17-8-6-4-7-9-17;1-2-3-4-5-15-13(11-18(27)24-14-6-7-14)10-17-19(15)25-21(29-17)26-20(28)16-12-22-8-9-23-16;1-2-3-4-7-14-12(10-17(23)24)9-15-18(14)21-19(26-15)20-16(22)11-13-6-5-8-25-13;1-3-4-5-6-14-13(11-15-17(14)20-18(19)24-15)12-16(23)22-9-7-21(2)8-10-22/h4,6-9,18-20,27H,2-3,5,10-16H2,1H3;8-9,12-15H,2-7,10-11H2,1H3,(H,24,27)(H,25,26,28);5-6,8,12,14H,2-4,7,9-11H2,1H3,(H,23,24)(H,20,21,22);13-14H,3-12H2,1-2H3,(H2,19,20). The lowest BCUT2D eigenvalue weighted by atomic mass is 9.86. The number of carbonyl (C=O) groups excluding carboxylic acids is 5. The van der Waals surface area contributed by atoms with E-state index in [1.807, 2.05) is 39.8 Å². The molecule has 21 nitrogen and oxygen atoms in total. The average Bonchev–Trinajstić information content (AvgIpc) is 1.65. The van der Waals surface area contributed by atoms with Gasteiger partial charge >= 0.3 is 5.97 Å². The molecule has 108 heavy (non-hydrogen) atoms. The number of hydrogen-bond acceptors (Lipinski definition) is 20. The van der Waals surface area contributed by atoms with Crippen LogP contribution in [0.1, 0.15) is 263 Å². The van der Waals surface area contributed by atoms with Gasteiger partial charge in [0.1, 0.15) is 10.7 Å². The lowest BCUT2D eigenvalue weighted by molar-refractivity contribution is -0.138. The van der Waals surface area contributed by atoms with E-state index in [0.29, 0.717) is 114 Å². The lowest BCUT2D eigenvalue weighted by Crippen LogP contribution is -2.47. The molecule has 2 aliphatic heterocycles. The molecule has 8 unspecified atom stereocenters. The number of aliphatic hydroxyl groups is 1. The molecule has 2 saturated heterocycles. The number of thiophene rings is 1. The number of hydrogen-bond donors (Lipinski definition) is 6. The molecule has 5 amide bonds. The summed E-state index contributed by atoms with van der Waals surface area (Å²) in [5.74, 6) is 2.24. The first kappa shape index (κ1) is 82.0. The van der Waals surface area contributed by atoms with Gasteiger partial charge in [0.15, 0.2) is 15.4 Å². The summed E-state index contributed by atoms with van der Waals surface area (Å²) < 4.78 is 0. The number of amides is 5. The topological polar surface area (TPSA) is 292 Å². The fraction of sp³-hybridized carbons (Fsp3) is 0.610. The monoisotopic (exact) mass is 1570 g/mol. The number of carboxylic acids is 1. The third-order valence-corrected chi connectivity index (χ3v) is 27.4. The number of likely N-dealkylation sites (N-methyl/N-ethyl adjacent to an activating group) is 1. The van der Waals surface area contributed by atoms with Gasteiger partial charge in [-0.25, -0.2) is 24.9 Å². The number of fused-ring (bicyclic) bond motifs is 4. The highest BCUT2D eigenvalue weighted by Crippen LogP contribution is 2.50. The van der Waals surface area contributed by atoms with Crippen LogP contribution in [0.5, 0.6) is 0 Å². The highest BCUT2D eigenvalue weighted by molar-refractivity contribution is 7.16. The molecule has 8 heterocycles. The molecule has 7 aromatic rings. The molecule has 1 saturated carbocycles. The number of nitrogens with two attached hydrogens (primary N) is 1. The Labute approximate surface area is 658 Å². The number of aliphatic carboxylic acids is 1. The highest BCUT2D eigenvalue weighted by Gasteiger charge is 2.42. The number of anilines is 3. The highest BCUT2D eigenvalue weighted by atomic mass is 32.1. The van der Waals surface area contributed by atoms with Crippen LogP contribution in [0, 0.1) is 23.7 Å². The van der Waals surface area contributed by atoms with Crippen LogP contribution in [0.4, 0.5) is 15.4 Å². The number of nitrogens with zero attached hydrogens (tertiary/aromatic N) is 9. The fourth-order valence-electron chi connectivity index (χ4n) is 16.4. The molecule has 0 bridgehead atoms. The Bertz CT molecular complexity index is 4010. The van der Waals surface area contributed by atoms with Crippen molar-refractivity contribution in [2.75, 3.05) is 62.7 Å². The van der Waals surface area contributed by atoms with E-state index in [-0.39, 0.29) is 53.7 Å². The summed E-state index contributed by atoms with van der Waals surface area (Å²) in [6, 6.07) is 14.7. The van der Waals surface area contributed by atoms with E-state index < -0.39 is 5.97 Å². The van der Waals surface area contributed by atoms with Crippen molar-refractivity contribution in [1.29, 1.82) is 0 Å². The Balaban J connectivity index is 0.000000144. The maximum atomic E-state index is 12.9. The second-order valence-electron chi connectivity index (χ2n) is 30.7. The number of aliphatic hydroxyl groups excluding tert-OH is 1. The van der Waals surface area contributed by atoms with Gasteiger partial charge < -0.3 is 41.3 Å². The smallest absolute Gasteiger partial charge is 0.303 e. The lowest BCUT2D eigenvalue weighted by Gasteiger charge is -2.33. The molecule has 7 aliphatic rings. The minimum absolute atomic E-state index is 0.0514. The van der Waals surface area contributed by atoms with Crippen molar-refractivity contribution in [3.63, 3.8) is 0 Å². The first-order valence-electron chi connectivity index (χ1n) is 40.1. The number of carboxylic acid groups (broad SMARTS) is 1. The van der Waals surface area contributed by atoms with Crippen LogP contribution in [0.25, 0.3) is 10.6 Å². The van der Waals surface area contributed by atoms with Crippen molar-refractivity contribution in [1.82, 2.24) is 49.9 Å². The fourth-order valence-corrected chi connectivity index (χ4v) is 21.6. The average molecular weight is 1570 g/mol. The summed E-state index contributed by atoms with van der Waals surface area (Å²) in [6.07, 6.45) is 32.5. The first-order valence-corrected chi connectivity index (χ1v) is 44.2. The number of thiazole rings is 4. The van der Waals surface area contributed by atoms with Crippen molar-refractivity contribution in [2.45, 2.75) is 250 Å². The maximum absolute atomic E-state index is 12.9. The normalized spacial score (nSPS) is 21.3. The number of benzene rings is 1. The zero-order valence-electron chi connectivity index (χ0n) is 63.9. The van der Waals surface area contributed by atoms with E-state index in [2.05, 4.69) is 105 Å². The number of unbranched alkanes of at least 4 members (excludes halogenated alkanes) is 8. The molecular formula is C82H113N13O8S5. The van der Waals surface area contributed by atoms with Crippen LogP contribution in [-0.2, 0) is 56.1 Å². The molecule has 3 fully saturated rings. The quantitative estimate of drug-likeness (QED) is 0.0220. The Morgan fingerprint density at radius 3 is 1.55 bits per heavy atom. The van der Waals surface area contributed by atoms with E-state index in [1.165, 1.54) is 124 Å². The van der Waals surface area contributed by atoms with Crippen LogP contribution in [0.2, 0.25) is 0 Å². The minimum Gasteiger partial charge on any atom is -0.481 e. The third-order valence-electron chi connectivity index (χ3n) is 22.4. The molecule has 0 spiro atoms. The molecule has 5 aliphatic carbocycles. The van der Waals surface area contributed by atoms with Gasteiger partial charge in [-0.3, -0.25) is 39.1 Å². The van der Waals surface area contributed by atoms with Crippen LogP contribution >= 0.6 is 56.7 Å². The Morgan fingerprint density at radius 2 is 1.04 bits per heavy atom. The van der Waals surface area contributed by atoms with Crippen LogP contribution in [-0.4, -0.2) is 149 Å². The number of piperazine rings is 1. The summed E-state index contributed by atoms with van der Waals surface area (Å²) in [6.45, 7) is 13.9. The number of carbonyl (C=O) groups is 6. The molecular weight excluding hydrogens is 1460 g/mol. The van der Waals surface area contributed by atoms with Gasteiger partial charge in [0.2, 0.25) is 23.6 Å². The van der Waals surface area contributed by atoms with Gasteiger partial charge in [0.25, 0.3) is 5.91 Å². The number of rotatable bonds is 31. The van der Waals surface area contributed by atoms with Gasteiger partial charge in [-0.15, -0.1) is 56.7 Å². The molecule has 26 heteroatoms. The predicted molar refractivity (Wildman–Crippen MR) is 434 cm³/mol. The molecule has 6 aromatic heterocycles. The molecule has 14 rings (SSSR count). The van der Waals surface area contributed by atoms with E-state index in [9.17, 15) is 39.0 Å². The van der Waals surface area contributed by atoms with Crippen LogP contribution < -0.4 is 21.7 Å². The largest absolute Gasteiger partial charge is 0.481 e. The molecule has 584 valence electrons. The van der Waals surface area contributed by atoms with Crippen molar-refractivity contribution in [2.24, 2.45) is 23.7 Å². The number of nitrogen functional groups attached to an aromatic ring is 1. The molecule has 0 radical (unpaired) electrons. The van der Waals surface area contributed by atoms with Crippen LogP contribution in [0.15, 0.2) is 66.4 Å². The second-order valence-corrected chi connectivity index (χ2v) is 36.1. The van der Waals surface area contributed by atoms with Crippen molar-refractivity contribution in [3.8, 4) is 10.6 Å². The molecule has 8 atom stereocenters. The predicted octanol–water partition coefficient (Wildman–Crippen LogP) is 16.1. The zero-order chi connectivity index (χ0) is 76.1. The summed E-state index contributed by atoms with van der Waals surface area (Å²) in [7, 11) is 2.12. The van der Waals surface area contributed by atoms with Crippen molar-refractivity contribution < 1.29 is 39.0 Å². The summed E-state index contributed by atoms with van der Waals surface area (Å²) >= 11 is 8.03. The number of nitrogens with one attached hydrogen (secondary N) is 3. The van der Waals surface area contributed by atoms with E-state index in [0.717, 1.165) is 142 Å². The number of likely N-dealkylation sites (tertiary alicyclic amines) is 1. The third kappa shape index (κ3) is 23.1. The van der Waals surface area contributed by atoms with Crippen LogP contribution in [0.3, 0.4) is 0 Å². The van der Waals surface area contributed by atoms with E-state index in [1.54, 1.807) is 22.7 Å². The van der Waals surface area contributed by atoms with Gasteiger partial charge in [0, 0.05) is 137 Å². The SMILES string of the molecule is CCCCCC1c2nc(-c3ccccc3)sc2CC1CC(=O)N1CCC(O)CC1.CCCCCC1c2nc(N)sc2CC1CC(=O)N1CCN(C)CC1.CCCCCC1c2nc(NC(=O)Cc3cccs3)sc2CC1CC(=O)O.CCCCCC1c2nc(NC(=O)c3cnccn3)sc2CC1CC(=O)NC1CC1. The number of piperidine rings is 1. The Morgan fingerprint density at radius 1 is 0.537 bits per heavy atom. The summed E-state index contributed by atoms with van der Waals surface area (Å²) in [5.41, 5.74) is 11.9. The van der Waals surface area contributed by atoms with E-state index >= 15 is 0 Å². The molecule has 7 N–H and O–H groups in total. The summed E-state index contributed by atoms with van der Waals surface area (Å²) in [5, 5.41) is 32.8. The zero-order valence-corrected chi connectivity index (χ0v) is 67.9. The number of aromatic nitrogens is 6. The van der Waals surface area contributed by atoms with Gasteiger partial charge in [-0.2, -0.15) is 0 Å². The van der Waals surface area contributed by atoms with Crippen molar-refractivity contribution in [3.05, 3.63) is 119 Å². The van der Waals surface area contributed by atoms with Gasteiger partial charge in [-0.1, -0.05) is 141 Å².